The number of hydrogen-bond acceptors (Lipinski definition) is 6. The highest BCUT2D eigenvalue weighted by Gasteiger charge is 2.17. The molecule has 0 fully saturated rings. The third-order valence-corrected chi connectivity index (χ3v) is 5.39. The van der Waals surface area contributed by atoms with E-state index in [-0.39, 0.29) is 30.9 Å². The number of halogens is 1. The van der Waals surface area contributed by atoms with Crippen molar-refractivity contribution in [2.24, 2.45) is 5.73 Å². The van der Waals surface area contributed by atoms with Crippen molar-refractivity contribution in [3.8, 4) is 11.4 Å². The number of amides is 1. The molecule has 156 valence electrons. The molecule has 0 saturated heterocycles. The molecule has 0 spiro atoms. The Morgan fingerprint density at radius 2 is 1.93 bits per heavy atom. The molecule has 7 nitrogen and oxygen atoms in total. The van der Waals surface area contributed by atoms with Gasteiger partial charge < -0.3 is 11.1 Å². The summed E-state index contributed by atoms with van der Waals surface area (Å²) in [6, 6.07) is 9.35. The van der Waals surface area contributed by atoms with Gasteiger partial charge in [-0.1, -0.05) is 44.2 Å². The van der Waals surface area contributed by atoms with E-state index in [9.17, 15) is 4.79 Å². The zero-order valence-electron chi connectivity index (χ0n) is 16.8. The number of carbonyl (C=O) groups excluding carboxylic acids is 1. The molecule has 3 rings (SSSR count). The number of aromatic nitrogens is 4. The molecule has 0 aliphatic rings. The van der Waals surface area contributed by atoms with Crippen LogP contribution in [0, 0.1) is 0 Å². The maximum Gasteiger partial charge on any atom is 0.241 e. The average Bonchev–Trinajstić information content (AvgIpc) is 3.30. The summed E-state index contributed by atoms with van der Waals surface area (Å²) in [5.74, 6) is 1.47. The third-order valence-electron chi connectivity index (χ3n) is 4.20. The van der Waals surface area contributed by atoms with Gasteiger partial charge in [-0.15, -0.1) is 23.7 Å². The van der Waals surface area contributed by atoms with E-state index in [1.807, 2.05) is 37.3 Å². The highest BCUT2D eigenvalue weighted by molar-refractivity contribution is 7.09. The van der Waals surface area contributed by atoms with Crippen LogP contribution in [0.4, 0.5) is 0 Å². The second kappa shape index (κ2) is 10.5. The largest absolute Gasteiger partial charge is 0.354 e. The van der Waals surface area contributed by atoms with Crippen LogP contribution in [0.3, 0.4) is 0 Å². The van der Waals surface area contributed by atoms with Crippen LogP contribution in [0.25, 0.3) is 11.4 Å². The fourth-order valence-corrected chi connectivity index (χ4v) is 3.61. The van der Waals surface area contributed by atoms with E-state index >= 15 is 0 Å². The first-order valence-electron chi connectivity index (χ1n) is 9.40. The normalized spacial score (nSPS) is 11.9. The van der Waals surface area contributed by atoms with Gasteiger partial charge in [-0.25, -0.2) is 14.6 Å². The smallest absolute Gasteiger partial charge is 0.241 e. The number of carbonyl (C=O) groups is 1. The van der Waals surface area contributed by atoms with Crippen molar-refractivity contribution in [1.29, 1.82) is 0 Å². The second-order valence-electron chi connectivity index (χ2n) is 7.04. The van der Waals surface area contributed by atoms with Gasteiger partial charge in [-0.3, -0.25) is 4.79 Å². The van der Waals surface area contributed by atoms with Gasteiger partial charge in [0.15, 0.2) is 5.82 Å². The van der Waals surface area contributed by atoms with Gasteiger partial charge in [-0.05, 0) is 6.92 Å². The molecule has 3 N–H and O–H groups in total. The molecule has 1 amide bonds. The lowest BCUT2D eigenvalue weighted by atomic mass is 10.2. The Labute approximate surface area is 181 Å². The molecule has 29 heavy (non-hydrogen) atoms. The summed E-state index contributed by atoms with van der Waals surface area (Å²) in [5, 5.41) is 10.6. The monoisotopic (exact) mass is 434 g/mol. The molecule has 9 heteroatoms. The number of rotatable bonds is 8. The number of nitrogens with zero attached hydrogens (tertiary/aromatic N) is 4. The number of hydrogen-bond donors (Lipinski definition) is 2. The Bertz CT molecular complexity index is 922. The Hall–Kier alpha value is -2.29. The highest BCUT2D eigenvalue weighted by Crippen LogP contribution is 2.19. The van der Waals surface area contributed by atoms with Crippen molar-refractivity contribution < 1.29 is 4.79 Å². The van der Waals surface area contributed by atoms with Crippen molar-refractivity contribution in [2.45, 2.75) is 45.7 Å². The van der Waals surface area contributed by atoms with Crippen LogP contribution >= 0.6 is 23.7 Å². The minimum atomic E-state index is -0.317. The van der Waals surface area contributed by atoms with E-state index < -0.39 is 0 Å². The quantitative estimate of drug-likeness (QED) is 0.566. The van der Waals surface area contributed by atoms with Crippen LogP contribution in [0.2, 0.25) is 0 Å². The molecule has 1 aromatic carbocycles. The van der Waals surface area contributed by atoms with Gasteiger partial charge in [0.2, 0.25) is 5.91 Å². The van der Waals surface area contributed by atoms with E-state index in [0.717, 1.165) is 16.3 Å². The Kier molecular flexibility index (Phi) is 8.31. The fourth-order valence-electron chi connectivity index (χ4n) is 2.74. The SMILES string of the molecule is CC(C)c1nc(CCNC(=O)Cn2nc(-c3ccccc3)nc2[C@H](C)N)cs1.Cl. The van der Waals surface area contributed by atoms with Crippen molar-refractivity contribution in [2.75, 3.05) is 6.54 Å². The zero-order chi connectivity index (χ0) is 20.1. The Balaban J connectivity index is 0.00000300. The van der Waals surface area contributed by atoms with Gasteiger partial charge >= 0.3 is 0 Å². The first-order chi connectivity index (χ1) is 13.4. The molecule has 0 radical (unpaired) electrons. The molecule has 0 aliphatic carbocycles. The summed E-state index contributed by atoms with van der Waals surface area (Å²) < 4.78 is 1.59. The highest BCUT2D eigenvalue weighted by atomic mass is 35.5. The summed E-state index contributed by atoms with van der Waals surface area (Å²) in [4.78, 5) is 21.5. The first kappa shape index (κ1) is 23.0. The zero-order valence-corrected chi connectivity index (χ0v) is 18.5. The standard InChI is InChI=1S/C20H26N6OS.ClH/c1-13(2)20-23-16(12-28-20)9-10-22-17(27)11-26-19(14(3)21)24-18(25-26)15-7-5-4-6-8-15;/h4-8,12-14H,9-11,21H2,1-3H3,(H,22,27);1H/t14-;/m0./s1. The van der Waals surface area contributed by atoms with Crippen LogP contribution in [0.1, 0.15) is 49.3 Å². The average molecular weight is 435 g/mol. The van der Waals surface area contributed by atoms with Crippen LogP contribution in [-0.2, 0) is 17.8 Å². The lowest BCUT2D eigenvalue weighted by molar-refractivity contribution is -0.121. The van der Waals surface area contributed by atoms with E-state index in [1.54, 1.807) is 16.0 Å². The molecular weight excluding hydrogens is 408 g/mol. The number of benzene rings is 1. The molecular formula is C20H27ClN6OS. The Morgan fingerprint density at radius 3 is 2.55 bits per heavy atom. The minimum absolute atomic E-state index is 0. The second-order valence-corrected chi connectivity index (χ2v) is 7.93. The topological polar surface area (TPSA) is 98.7 Å². The Morgan fingerprint density at radius 1 is 1.21 bits per heavy atom. The lowest BCUT2D eigenvalue weighted by Gasteiger charge is -2.08. The maximum atomic E-state index is 12.4. The molecule has 3 aromatic rings. The van der Waals surface area contributed by atoms with E-state index in [2.05, 4.69) is 39.6 Å². The van der Waals surface area contributed by atoms with Gasteiger partial charge in [0.1, 0.15) is 12.4 Å². The fraction of sp³-hybridized carbons (Fsp3) is 0.400. The molecule has 0 unspecified atom stereocenters. The van der Waals surface area contributed by atoms with Crippen molar-refractivity contribution in [3.05, 3.63) is 52.2 Å². The van der Waals surface area contributed by atoms with E-state index in [0.29, 0.717) is 30.5 Å². The molecule has 0 saturated carbocycles. The van der Waals surface area contributed by atoms with Crippen LogP contribution < -0.4 is 11.1 Å². The number of nitrogens with one attached hydrogen (secondary N) is 1. The van der Waals surface area contributed by atoms with Crippen molar-refractivity contribution in [3.63, 3.8) is 0 Å². The van der Waals surface area contributed by atoms with Crippen molar-refractivity contribution in [1.82, 2.24) is 25.1 Å². The third kappa shape index (κ3) is 6.09. The van der Waals surface area contributed by atoms with Gasteiger partial charge in [-0.2, -0.15) is 5.10 Å². The minimum Gasteiger partial charge on any atom is -0.354 e. The predicted octanol–water partition coefficient (Wildman–Crippen LogP) is 3.33. The number of nitrogens with two attached hydrogens (primary N) is 1. The maximum absolute atomic E-state index is 12.4. The molecule has 0 aliphatic heterocycles. The number of thiazole rings is 1. The lowest BCUT2D eigenvalue weighted by Crippen LogP contribution is -2.31. The molecule has 1 atom stereocenters. The van der Waals surface area contributed by atoms with E-state index in [4.69, 9.17) is 5.73 Å². The van der Waals surface area contributed by atoms with E-state index in [1.165, 1.54) is 0 Å². The molecule has 2 aromatic heterocycles. The van der Waals surface area contributed by atoms with Crippen molar-refractivity contribution >= 4 is 29.7 Å². The van der Waals surface area contributed by atoms with Gasteiger partial charge in [0.05, 0.1) is 16.7 Å². The summed E-state index contributed by atoms with van der Waals surface area (Å²) in [7, 11) is 0. The van der Waals surface area contributed by atoms with Gasteiger partial charge in [0.25, 0.3) is 0 Å². The first-order valence-corrected chi connectivity index (χ1v) is 10.3. The van der Waals surface area contributed by atoms with Crippen LogP contribution in [0.5, 0.6) is 0 Å². The van der Waals surface area contributed by atoms with Gasteiger partial charge in [0, 0.05) is 29.8 Å². The summed E-state index contributed by atoms with van der Waals surface area (Å²) in [5.41, 5.74) is 7.93. The summed E-state index contributed by atoms with van der Waals surface area (Å²) in [6.07, 6.45) is 0.710. The predicted molar refractivity (Wildman–Crippen MR) is 118 cm³/mol. The van der Waals surface area contributed by atoms with Crippen LogP contribution in [0.15, 0.2) is 35.7 Å². The molecule has 2 heterocycles. The summed E-state index contributed by atoms with van der Waals surface area (Å²) in [6.45, 7) is 6.71. The van der Waals surface area contributed by atoms with Crippen LogP contribution in [-0.4, -0.2) is 32.2 Å². The summed E-state index contributed by atoms with van der Waals surface area (Å²) >= 11 is 1.66. The molecule has 0 bridgehead atoms.